The molecule has 0 unspecified atom stereocenters. The Morgan fingerprint density at radius 1 is 1.20 bits per heavy atom. The van der Waals surface area contributed by atoms with Gasteiger partial charge in [0.25, 0.3) is 0 Å². The van der Waals surface area contributed by atoms with E-state index in [2.05, 4.69) is 54.0 Å². The van der Waals surface area contributed by atoms with Crippen molar-refractivity contribution in [1.29, 1.82) is 0 Å². The quantitative estimate of drug-likeness (QED) is 0.735. The first-order chi connectivity index (χ1) is 7.07. The van der Waals surface area contributed by atoms with Crippen molar-refractivity contribution in [2.45, 2.75) is 43.2 Å². The Labute approximate surface area is 100.0 Å². The zero-order valence-corrected chi connectivity index (χ0v) is 10.8. The van der Waals surface area contributed by atoms with Gasteiger partial charge in [0.15, 0.2) is 0 Å². The fourth-order valence-electron chi connectivity index (χ4n) is 2.06. The predicted molar refractivity (Wildman–Crippen MR) is 66.3 cm³/mol. The molecule has 1 aliphatic rings. The fourth-order valence-corrected chi connectivity index (χ4v) is 2.39. The average molecular weight is 269 g/mol. The summed E-state index contributed by atoms with van der Waals surface area (Å²) in [5, 5.41) is 0. The molecule has 0 aliphatic carbocycles. The van der Waals surface area contributed by atoms with E-state index in [0.717, 1.165) is 12.8 Å². The lowest BCUT2D eigenvalue weighted by atomic mass is 10.0. The summed E-state index contributed by atoms with van der Waals surface area (Å²) in [6.45, 7) is 4.34. The fraction of sp³-hybridized carbons (Fsp3) is 0.538. The lowest BCUT2D eigenvalue weighted by Gasteiger charge is -2.25. The second kappa shape index (κ2) is 4.26. The van der Waals surface area contributed by atoms with Crippen molar-refractivity contribution in [3.8, 4) is 0 Å². The summed E-state index contributed by atoms with van der Waals surface area (Å²) >= 11 is 3.68. The molecule has 1 aromatic rings. The van der Waals surface area contributed by atoms with Crippen LogP contribution < -0.4 is 0 Å². The molecule has 0 spiro atoms. The Hall–Kier alpha value is -0.340. The molecule has 82 valence electrons. The highest BCUT2D eigenvalue weighted by Gasteiger charge is 2.35. The summed E-state index contributed by atoms with van der Waals surface area (Å²) in [6.07, 6.45) is 2.87. The molecule has 1 heterocycles. The van der Waals surface area contributed by atoms with E-state index in [1.54, 1.807) is 0 Å². The molecule has 0 amide bonds. The molecule has 0 N–H and O–H groups in total. The molecule has 1 aromatic carbocycles. The van der Waals surface area contributed by atoms with Gasteiger partial charge in [0.05, 0.1) is 12.2 Å². The standard InChI is InChI=1S/C13H17BrO/c1-13(2,14)12-9-8-11(15-12)10-6-4-3-5-7-10/h3-7,11-12H,8-9H2,1-2H3/t11-,12-/m0/s1. The maximum absolute atomic E-state index is 6.07. The van der Waals surface area contributed by atoms with E-state index in [0.29, 0.717) is 6.10 Å². The van der Waals surface area contributed by atoms with Crippen molar-refractivity contribution < 1.29 is 4.74 Å². The number of ether oxygens (including phenoxy) is 1. The van der Waals surface area contributed by atoms with Crippen molar-refractivity contribution in [3.63, 3.8) is 0 Å². The van der Waals surface area contributed by atoms with Crippen LogP contribution in [0.5, 0.6) is 0 Å². The highest BCUT2D eigenvalue weighted by molar-refractivity contribution is 9.10. The van der Waals surface area contributed by atoms with Crippen molar-refractivity contribution in [3.05, 3.63) is 35.9 Å². The lowest BCUT2D eigenvalue weighted by molar-refractivity contribution is 0.0298. The number of alkyl halides is 1. The first kappa shape index (κ1) is 11.2. The second-order valence-corrected chi connectivity index (χ2v) is 6.71. The first-order valence-corrected chi connectivity index (χ1v) is 6.26. The minimum absolute atomic E-state index is 0.0799. The van der Waals surface area contributed by atoms with Gasteiger partial charge in [-0.2, -0.15) is 0 Å². The molecule has 1 aliphatic heterocycles. The van der Waals surface area contributed by atoms with Gasteiger partial charge in [0, 0.05) is 4.32 Å². The molecule has 0 saturated carbocycles. The van der Waals surface area contributed by atoms with Crippen LogP contribution in [0.25, 0.3) is 0 Å². The third-order valence-corrected chi connectivity index (χ3v) is 3.47. The molecule has 1 fully saturated rings. The van der Waals surface area contributed by atoms with Gasteiger partial charge in [-0.3, -0.25) is 0 Å². The molecule has 2 rings (SSSR count). The second-order valence-electron chi connectivity index (χ2n) is 4.67. The van der Waals surface area contributed by atoms with Crippen LogP contribution in [0.3, 0.4) is 0 Å². The van der Waals surface area contributed by atoms with Gasteiger partial charge in [0.2, 0.25) is 0 Å². The zero-order valence-electron chi connectivity index (χ0n) is 9.24. The average Bonchev–Trinajstić information content (AvgIpc) is 2.67. The summed E-state index contributed by atoms with van der Waals surface area (Å²) in [5.74, 6) is 0. The number of hydrogen-bond donors (Lipinski definition) is 0. The van der Waals surface area contributed by atoms with Gasteiger partial charge < -0.3 is 4.74 Å². The topological polar surface area (TPSA) is 9.23 Å². The van der Waals surface area contributed by atoms with Gasteiger partial charge in [-0.05, 0) is 32.3 Å². The zero-order chi connectivity index (χ0) is 10.9. The van der Waals surface area contributed by atoms with Crippen LogP contribution in [0.2, 0.25) is 0 Å². The minimum atomic E-state index is 0.0799. The summed E-state index contributed by atoms with van der Waals surface area (Å²) in [5.41, 5.74) is 1.30. The Morgan fingerprint density at radius 2 is 1.87 bits per heavy atom. The van der Waals surface area contributed by atoms with E-state index < -0.39 is 0 Å². The SMILES string of the molecule is CC(C)(Br)[C@@H]1CC[C@@H](c2ccccc2)O1. The van der Waals surface area contributed by atoms with Crippen molar-refractivity contribution in [2.24, 2.45) is 0 Å². The van der Waals surface area contributed by atoms with Gasteiger partial charge in [-0.15, -0.1) is 0 Å². The molecule has 2 heteroatoms. The van der Waals surface area contributed by atoms with Crippen LogP contribution in [-0.2, 0) is 4.74 Å². The highest BCUT2D eigenvalue weighted by Crippen LogP contribution is 2.39. The highest BCUT2D eigenvalue weighted by atomic mass is 79.9. The Bertz CT molecular complexity index is 315. The van der Waals surface area contributed by atoms with Gasteiger partial charge in [-0.1, -0.05) is 46.3 Å². The van der Waals surface area contributed by atoms with Gasteiger partial charge in [0.1, 0.15) is 0 Å². The molecule has 1 nitrogen and oxygen atoms in total. The van der Waals surface area contributed by atoms with E-state index in [9.17, 15) is 0 Å². The van der Waals surface area contributed by atoms with Gasteiger partial charge in [-0.25, -0.2) is 0 Å². The summed E-state index contributed by atoms with van der Waals surface area (Å²) in [4.78, 5) is 0. The van der Waals surface area contributed by atoms with Crippen molar-refractivity contribution in [2.75, 3.05) is 0 Å². The molecule has 0 bridgehead atoms. The van der Waals surface area contributed by atoms with E-state index >= 15 is 0 Å². The van der Waals surface area contributed by atoms with Crippen molar-refractivity contribution >= 4 is 15.9 Å². The molecular formula is C13H17BrO. The molecule has 2 atom stereocenters. The first-order valence-electron chi connectivity index (χ1n) is 5.46. The Kier molecular flexibility index (Phi) is 3.17. The predicted octanol–water partition coefficient (Wildman–Crippen LogP) is 4.08. The number of rotatable bonds is 2. The minimum Gasteiger partial charge on any atom is -0.369 e. The van der Waals surface area contributed by atoms with E-state index in [-0.39, 0.29) is 10.4 Å². The normalized spacial score (nSPS) is 26.9. The lowest BCUT2D eigenvalue weighted by Crippen LogP contribution is -2.28. The third kappa shape index (κ3) is 2.61. The molecule has 0 aromatic heterocycles. The Morgan fingerprint density at radius 3 is 2.40 bits per heavy atom. The molecule has 15 heavy (non-hydrogen) atoms. The smallest absolute Gasteiger partial charge is 0.0830 e. The van der Waals surface area contributed by atoms with Crippen LogP contribution >= 0.6 is 15.9 Å². The van der Waals surface area contributed by atoms with E-state index in [4.69, 9.17) is 4.74 Å². The number of hydrogen-bond acceptors (Lipinski definition) is 1. The maximum atomic E-state index is 6.07. The molecular weight excluding hydrogens is 252 g/mol. The summed E-state index contributed by atoms with van der Waals surface area (Å²) in [6, 6.07) is 10.5. The third-order valence-electron chi connectivity index (χ3n) is 2.96. The van der Waals surface area contributed by atoms with Crippen LogP contribution in [-0.4, -0.2) is 10.4 Å². The summed E-state index contributed by atoms with van der Waals surface area (Å²) < 4.78 is 6.14. The maximum Gasteiger partial charge on any atom is 0.0830 e. The number of halogens is 1. The van der Waals surface area contributed by atoms with Crippen molar-refractivity contribution in [1.82, 2.24) is 0 Å². The van der Waals surface area contributed by atoms with Crippen LogP contribution in [0.4, 0.5) is 0 Å². The molecule has 0 radical (unpaired) electrons. The monoisotopic (exact) mass is 268 g/mol. The van der Waals surface area contributed by atoms with E-state index in [1.165, 1.54) is 5.56 Å². The van der Waals surface area contributed by atoms with Gasteiger partial charge >= 0.3 is 0 Å². The van der Waals surface area contributed by atoms with Crippen LogP contribution in [0.1, 0.15) is 38.4 Å². The van der Waals surface area contributed by atoms with E-state index in [1.807, 2.05) is 6.07 Å². The summed E-state index contributed by atoms with van der Waals surface area (Å²) in [7, 11) is 0. The van der Waals surface area contributed by atoms with Crippen LogP contribution in [0, 0.1) is 0 Å². The Balaban J connectivity index is 2.05. The van der Waals surface area contributed by atoms with Crippen LogP contribution in [0.15, 0.2) is 30.3 Å². The number of benzene rings is 1. The molecule has 1 saturated heterocycles. The largest absolute Gasteiger partial charge is 0.369 e.